The molecule has 0 aromatic carbocycles. The molecule has 0 fully saturated rings. The normalized spacial score (nSPS) is 14.1. The predicted molar refractivity (Wildman–Crippen MR) is 131 cm³/mol. The van der Waals surface area contributed by atoms with Gasteiger partial charge in [-0.15, -0.1) is 0 Å². The molecule has 0 aliphatic rings. The van der Waals surface area contributed by atoms with Crippen LogP contribution in [-0.2, 0) is 19.0 Å². The molecule has 0 saturated heterocycles. The van der Waals surface area contributed by atoms with Gasteiger partial charge in [0.25, 0.3) is 0 Å². The molecule has 2 unspecified atom stereocenters. The summed E-state index contributed by atoms with van der Waals surface area (Å²) in [5.74, 6) is 1.03. The van der Waals surface area contributed by atoms with Gasteiger partial charge >= 0.3 is 5.97 Å². The van der Waals surface area contributed by atoms with E-state index < -0.39 is 0 Å². The van der Waals surface area contributed by atoms with Crippen LogP contribution in [0.25, 0.3) is 0 Å². The molecule has 0 N–H and O–H groups in total. The molecule has 0 aromatic heterocycles. The minimum Gasteiger partial charge on any atom is -0.463 e. The van der Waals surface area contributed by atoms with Gasteiger partial charge in [0.05, 0.1) is 12.5 Å². The third kappa shape index (κ3) is 20.5. The summed E-state index contributed by atoms with van der Waals surface area (Å²) < 4.78 is 17.3. The Labute approximate surface area is 192 Å². The second-order valence-corrected chi connectivity index (χ2v) is 9.75. The Kier molecular flexibility index (Phi) is 17.8. The van der Waals surface area contributed by atoms with Crippen molar-refractivity contribution in [3.63, 3.8) is 0 Å². The molecule has 0 aromatic rings. The van der Waals surface area contributed by atoms with Crippen molar-refractivity contribution in [2.24, 2.45) is 11.8 Å². The van der Waals surface area contributed by atoms with Gasteiger partial charge in [0, 0.05) is 19.6 Å². The molecular weight excluding hydrogens is 388 g/mol. The number of hydrogen-bond acceptors (Lipinski definition) is 4. The van der Waals surface area contributed by atoms with E-state index in [4.69, 9.17) is 14.2 Å². The molecule has 0 saturated carbocycles. The average Bonchev–Trinajstić information content (AvgIpc) is 2.64. The first kappa shape index (κ1) is 29.9. The van der Waals surface area contributed by atoms with Crippen LogP contribution in [-0.4, -0.2) is 31.6 Å². The van der Waals surface area contributed by atoms with E-state index in [1.807, 2.05) is 13.8 Å². The van der Waals surface area contributed by atoms with Crippen molar-refractivity contribution < 1.29 is 19.0 Å². The zero-order valence-electron chi connectivity index (χ0n) is 21.7. The molecule has 0 amide bonds. The van der Waals surface area contributed by atoms with E-state index in [0.717, 1.165) is 25.7 Å². The van der Waals surface area contributed by atoms with Crippen molar-refractivity contribution in [2.75, 3.05) is 13.2 Å². The van der Waals surface area contributed by atoms with Gasteiger partial charge in [-0.3, -0.25) is 4.79 Å². The molecule has 0 spiro atoms. The fourth-order valence-corrected chi connectivity index (χ4v) is 3.18. The highest BCUT2D eigenvalue weighted by Gasteiger charge is 2.15. The van der Waals surface area contributed by atoms with Crippen molar-refractivity contribution in [1.82, 2.24) is 0 Å². The minimum atomic E-state index is -0.338. The maximum Gasteiger partial charge on any atom is 0.306 e. The number of allylic oxidation sites excluding steroid dienone is 4. The van der Waals surface area contributed by atoms with E-state index in [1.54, 1.807) is 0 Å². The summed E-state index contributed by atoms with van der Waals surface area (Å²) in [4.78, 5) is 11.9. The SMILES string of the molecule is CC(C)=CCCC(C)CCOC(CCC(=O)OC(C)C)OCCC(C)CCC=C(C)C. The molecule has 31 heavy (non-hydrogen) atoms. The average molecular weight is 439 g/mol. The second-order valence-electron chi connectivity index (χ2n) is 9.75. The van der Waals surface area contributed by atoms with E-state index in [9.17, 15) is 4.79 Å². The van der Waals surface area contributed by atoms with Crippen LogP contribution >= 0.6 is 0 Å². The van der Waals surface area contributed by atoms with Crippen LogP contribution < -0.4 is 0 Å². The Morgan fingerprint density at radius 3 is 1.55 bits per heavy atom. The number of carbonyl (C=O) groups excluding carboxylic acids is 1. The summed E-state index contributed by atoms with van der Waals surface area (Å²) in [5, 5.41) is 0. The predicted octanol–water partition coefficient (Wildman–Crippen LogP) is 7.62. The molecule has 4 heteroatoms. The lowest BCUT2D eigenvalue weighted by Gasteiger charge is -2.21. The molecule has 0 heterocycles. The smallest absolute Gasteiger partial charge is 0.306 e. The minimum absolute atomic E-state index is 0.0869. The van der Waals surface area contributed by atoms with Gasteiger partial charge in [-0.05, 0) is 91.9 Å². The van der Waals surface area contributed by atoms with Crippen LogP contribution in [0.1, 0.15) is 107 Å². The van der Waals surface area contributed by atoms with E-state index >= 15 is 0 Å². The van der Waals surface area contributed by atoms with E-state index in [0.29, 0.717) is 37.9 Å². The van der Waals surface area contributed by atoms with Gasteiger partial charge in [0.1, 0.15) is 0 Å². The Morgan fingerprint density at radius 1 is 0.710 bits per heavy atom. The monoisotopic (exact) mass is 438 g/mol. The molecule has 0 aliphatic carbocycles. The van der Waals surface area contributed by atoms with Gasteiger partial charge in [-0.1, -0.05) is 37.1 Å². The molecule has 0 bridgehead atoms. The highest BCUT2D eigenvalue weighted by Crippen LogP contribution is 2.16. The summed E-state index contributed by atoms with van der Waals surface area (Å²) in [7, 11) is 0. The third-order valence-electron chi connectivity index (χ3n) is 5.20. The lowest BCUT2D eigenvalue weighted by atomic mass is 10.0. The number of esters is 1. The maximum atomic E-state index is 11.9. The first-order valence-corrected chi connectivity index (χ1v) is 12.3. The van der Waals surface area contributed by atoms with Crippen molar-refractivity contribution in [2.45, 2.75) is 119 Å². The standard InChI is InChI=1S/C27H50O4/c1-21(2)11-9-13-24(7)17-19-29-27(16-15-26(28)31-23(5)6)30-20-18-25(8)14-10-12-22(3)4/h11-12,23-25,27H,9-10,13-20H2,1-8H3. The van der Waals surface area contributed by atoms with Gasteiger partial charge in [-0.2, -0.15) is 0 Å². The molecule has 0 radical (unpaired) electrons. The highest BCUT2D eigenvalue weighted by atomic mass is 16.7. The Balaban J connectivity index is 4.39. The summed E-state index contributed by atoms with van der Waals surface area (Å²) in [6.45, 7) is 18.2. The molecular formula is C27H50O4. The third-order valence-corrected chi connectivity index (χ3v) is 5.20. The van der Waals surface area contributed by atoms with Crippen molar-refractivity contribution >= 4 is 5.97 Å². The largest absolute Gasteiger partial charge is 0.463 e. The fraction of sp³-hybridized carbons (Fsp3) is 0.815. The molecule has 0 rings (SSSR count). The van der Waals surface area contributed by atoms with Crippen LogP contribution in [0.2, 0.25) is 0 Å². The number of ether oxygens (including phenoxy) is 3. The van der Waals surface area contributed by atoms with Crippen LogP contribution in [0.5, 0.6) is 0 Å². The molecule has 0 aliphatic heterocycles. The Morgan fingerprint density at radius 2 is 1.16 bits per heavy atom. The topological polar surface area (TPSA) is 44.8 Å². The first-order valence-electron chi connectivity index (χ1n) is 12.3. The molecule has 2 atom stereocenters. The van der Waals surface area contributed by atoms with Gasteiger partial charge in [0.15, 0.2) is 6.29 Å². The van der Waals surface area contributed by atoms with E-state index in [1.165, 1.54) is 24.0 Å². The van der Waals surface area contributed by atoms with Crippen LogP contribution in [0, 0.1) is 11.8 Å². The Hall–Kier alpha value is -1.13. The van der Waals surface area contributed by atoms with Gasteiger partial charge in [0.2, 0.25) is 0 Å². The quantitative estimate of drug-likeness (QED) is 0.125. The highest BCUT2D eigenvalue weighted by molar-refractivity contribution is 5.69. The number of hydrogen-bond donors (Lipinski definition) is 0. The van der Waals surface area contributed by atoms with Gasteiger partial charge < -0.3 is 14.2 Å². The lowest BCUT2D eigenvalue weighted by molar-refractivity contribution is -0.162. The zero-order valence-corrected chi connectivity index (χ0v) is 21.7. The van der Waals surface area contributed by atoms with Crippen LogP contribution in [0.3, 0.4) is 0 Å². The number of rotatable bonds is 18. The zero-order chi connectivity index (χ0) is 23.6. The second kappa shape index (κ2) is 18.4. The van der Waals surface area contributed by atoms with Crippen LogP contribution in [0.15, 0.2) is 23.3 Å². The summed E-state index contributed by atoms with van der Waals surface area (Å²) in [6, 6.07) is 0. The van der Waals surface area contributed by atoms with Crippen molar-refractivity contribution in [3.8, 4) is 0 Å². The molecule has 182 valence electrons. The molecule has 4 nitrogen and oxygen atoms in total. The fourth-order valence-electron chi connectivity index (χ4n) is 3.18. The number of carbonyl (C=O) groups is 1. The van der Waals surface area contributed by atoms with Gasteiger partial charge in [-0.25, -0.2) is 0 Å². The van der Waals surface area contributed by atoms with E-state index in [2.05, 4.69) is 53.7 Å². The maximum absolute atomic E-state index is 11.9. The summed E-state index contributed by atoms with van der Waals surface area (Å²) in [5.41, 5.74) is 2.75. The summed E-state index contributed by atoms with van der Waals surface area (Å²) in [6.07, 6.45) is 11.6. The summed E-state index contributed by atoms with van der Waals surface area (Å²) >= 11 is 0. The van der Waals surface area contributed by atoms with Crippen molar-refractivity contribution in [3.05, 3.63) is 23.3 Å². The van der Waals surface area contributed by atoms with Crippen LogP contribution in [0.4, 0.5) is 0 Å². The van der Waals surface area contributed by atoms with E-state index in [-0.39, 0.29) is 18.4 Å². The lowest BCUT2D eigenvalue weighted by Crippen LogP contribution is -2.22. The van der Waals surface area contributed by atoms with Crippen molar-refractivity contribution in [1.29, 1.82) is 0 Å². The first-order chi connectivity index (χ1) is 14.6. The Bertz CT molecular complexity index is 479.